The molecule has 0 spiro atoms. The standard InChI is InChI=1S/C17H28N4OS/c1-5-6-13-19-20-15(23)21(13)10-14(22)18-12-9-11-7-8-17(12,4)16(11,2)3/h11-12H,5-10H2,1-4H3,(H,18,22)(H,20,23)/t11-,12-,17-/m1/s1. The van der Waals surface area contributed by atoms with Gasteiger partial charge in [-0.3, -0.25) is 14.5 Å². The molecule has 0 unspecified atom stereocenters. The van der Waals surface area contributed by atoms with E-state index in [4.69, 9.17) is 12.2 Å². The minimum atomic E-state index is 0.0504. The third-order valence-electron chi connectivity index (χ3n) is 6.74. The molecule has 2 aliphatic rings. The maximum Gasteiger partial charge on any atom is 0.240 e. The highest BCUT2D eigenvalue weighted by Crippen LogP contribution is 2.65. The minimum absolute atomic E-state index is 0.0504. The van der Waals surface area contributed by atoms with Gasteiger partial charge in [-0.15, -0.1) is 0 Å². The molecule has 2 saturated carbocycles. The molecular weight excluding hydrogens is 308 g/mol. The fourth-order valence-corrected chi connectivity index (χ4v) is 4.95. The van der Waals surface area contributed by atoms with Crippen LogP contribution in [0.2, 0.25) is 0 Å². The van der Waals surface area contributed by atoms with Crippen LogP contribution in [0.15, 0.2) is 0 Å². The number of rotatable bonds is 5. The summed E-state index contributed by atoms with van der Waals surface area (Å²) in [6.45, 7) is 9.43. The molecule has 128 valence electrons. The van der Waals surface area contributed by atoms with Crippen molar-refractivity contribution < 1.29 is 4.79 Å². The highest BCUT2D eigenvalue weighted by Gasteiger charge is 2.61. The van der Waals surface area contributed by atoms with E-state index in [0.717, 1.165) is 31.0 Å². The summed E-state index contributed by atoms with van der Waals surface area (Å²) in [4.78, 5) is 12.6. The van der Waals surface area contributed by atoms with E-state index in [1.807, 2.05) is 4.57 Å². The zero-order valence-corrected chi connectivity index (χ0v) is 15.4. The number of aromatic amines is 1. The summed E-state index contributed by atoms with van der Waals surface area (Å²) in [5.74, 6) is 1.64. The number of nitrogens with zero attached hydrogens (tertiary/aromatic N) is 2. The number of amides is 1. The lowest BCUT2D eigenvalue weighted by molar-refractivity contribution is -0.123. The molecule has 2 N–H and O–H groups in total. The van der Waals surface area contributed by atoms with Crippen molar-refractivity contribution in [2.75, 3.05) is 0 Å². The Hall–Kier alpha value is -1.17. The molecule has 2 aliphatic carbocycles. The van der Waals surface area contributed by atoms with Crippen molar-refractivity contribution >= 4 is 18.1 Å². The molecule has 1 aromatic heterocycles. The molecule has 3 atom stereocenters. The number of nitrogens with one attached hydrogen (secondary N) is 2. The van der Waals surface area contributed by atoms with Gasteiger partial charge in [0.1, 0.15) is 12.4 Å². The number of hydrogen-bond donors (Lipinski definition) is 2. The van der Waals surface area contributed by atoms with Crippen molar-refractivity contribution in [3.8, 4) is 0 Å². The van der Waals surface area contributed by atoms with Gasteiger partial charge >= 0.3 is 0 Å². The second-order valence-electron chi connectivity index (χ2n) is 8.01. The van der Waals surface area contributed by atoms with Gasteiger partial charge in [-0.25, -0.2) is 0 Å². The molecule has 2 fully saturated rings. The predicted molar refractivity (Wildman–Crippen MR) is 92.6 cm³/mol. The van der Waals surface area contributed by atoms with Crippen LogP contribution in [0.1, 0.15) is 59.2 Å². The van der Waals surface area contributed by atoms with Crippen LogP contribution in [0.25, 0.3) is 0 Å². The van der Waals surface area contributed by atoms with E-state index < -0.39 is 0 Å². The van der Waals surface area contributed by atoms with Gasteiger partial charge in [-0.1, -0.05) is 27.7 Å². The summed E-state index contributed by atoms with van der Waals surface area (Å²) in [6.07, 6.45) is 5.42. The van der Waals surface area contributed by atoms with Crippen LogP contribution in [0.5, 0.6) is 0 Å². The molecule has 1 heterocycles. The lowest BCUT2D eigenvalue weighted by Crippen LogP contribution is -2.47. The number of aryl methyl sites for hydroxylation is 1. The molecule has 0 aromatic carbocycles. The zero-order chi connectivity index (χ0) is 16.8. The molecule has 3 rings (SSSR count). The fraction of sp³-hybridized carbons (Fsp3) is 0.824. The van der Waals surface area contributed by atoms with E-state index >= 15 is 0 Å². The molecule has 6 heteroatoms. The maximum atomic E-state index is 12.6. The lowest BCUT2D eigenvalue weighted by Gasteiger charge is -2.39. The first-order chi connectivity index (χ1) is 10.8. The quantitative estimate of drug-likeness (QED) is 0.812. The summed E-state index contributed by atoms with van der Waals surface area (Å²) in [5, 5.41) is 10.3. The van der Waals surface area contributed by atoms with Gasteiger partial charge in [0.2, 0.25) is 5.91 Å². The molecule has 2 bridgehead atoms. The van der Waals surface area contributed by atoms with E-state index in [1.54, 1.807) is 0 Å². The van der Waals surface area contributed by atoms with Crippen LogP contribution in [0, 0.1) is 21.5 Å². The van der Waals surface area contributed by atoms with E-state index in [0.29, 0.717) is 10.2 Å². The highest BCUT2D eigenvalue weighted by molar-refractivity contribution is 7.71. The first kappa shape index (κ1) is 16.7. The molecule has 0 radical (unpaired) electrons. The Bertz CT molecular complexity index is 662. The fourth-order valence-electron chi connectivity index (χ4n) is 4.73. The maximum absolute atomic E-state index is 12.6. The van der Waals surface area contributed by atoms with Gasteiger partial charge in [0, 0.05) is 12.5 Å². The normalized spacial score (nSPS) is 31.5. The van der Waals surface area contributed by atoms with Crippen LogP contribution in [-0.4, -0.2) is 26.7 Å². The molecule has 0 saturated heterocycles. The molecule has 5 nitrogen and oxygen atoms in total. The molecule has 1 aromatic rings. The van der Waals surface area contributed by atoms with E-state index in [2.05, 4.69) is 43.2 Å². The van der Waals surface area contributed by atoms with Gasteiger partial charge in [-0.05, 0) is 54.6 Å². The van der Waals surface area contributed by atoms with E-state index in [-0.39, 0.29) is 23.9 Å². The van der Waals surface area contributed by atoms with Gasteiger partial charge in [0.15, 0.2) is 4.77 Å². The Morgan fingerprint density at radius 3 is 2.78 bits per heavy atom. The van der Waals surface area contributed by atoms with Crippen molar-refractivity contribution in [2.45, 2.75) is 72.4 Å². The third kappa shape index (κ3) is 2.55. The van der Waals surface area contributed by atoms with Crippen LogP contribution < -0.4 is 5.32 Å². The number of hydrogen-bond acceptors (Lipinski definition) is 3. The summed E-state index contributed by atoms with van der Waals surface area (Å²) in [6, 6.07) is 0.277. The van der Waals surface area contributed by atoms with Crippen molar-refractivity contribution in [1.82, 2.24) is 20.1 Å². The lowest BCUT2D eigenvalue weighted by atomic mass is 9.69. The van der Waals surface area contributed by atoms with E-state index in [1.165, 1.54) is 12.8 Å². The second kappa shape index (κ2) is 5.72. The van der Waals surface area contributed by atoms with Crippen LogP contribution in [-0.2, 0) is 17.8 Å². The smallest absolute Gasteiger partial charge is 0.240 e. The van der Waals surface area contributed by atoms with Gasteiger partial charge < -0.3 is 5.32 Å². The van der Waals surface area contributed by atoms with Crippen LogP contribution >= 0.6 is 12.2 Å². The molecule has 23 heavy (non-hydrogen) atoms. The van der Waals surface area contributed by atoms with E-state index in [9.17, 15) is 4.79 Å². The van der Waals surface area contributed by atoms with Crippen molar-refractivity contribution in [3.05, 3.63) is 10.6 Å². The summed E-state index contributed by atoms with van der Waals surface area (Å²) >= 11 is 5.26. The van der Waals surface area contributed by atoms with Gasteiger partial charge in [0.05, 0.1) is 0 Å². The molecular formula is C17H28N4OS. The largest absolute Gasteiger partial charge is 0.351 e. The average Bonchev–Trinajstić information content (AvgIpc) is 2.99. The summed E-state index contributed by atoms with van der Waals surface area (Å²) < 4.78 is 2.36. The first-order valence-corrected chi connectivity index (χ1v) is 9.14. The number of carbonyl (C=O) groups excluding carboxylic acids is 1. The predicted octanol–water partition coefficient (Wildman–Crippen LogP) is 3.22. The Morgan fingerprint density at radius 2 is 2.22 bits per heavy atom. The third-order valence-corrected chi connectivity index (χ3v) is 7.05. The van der Waals surface area contributed by atoms with Crippen molar-refractivity contribution in [2.24, 2.45) is 16.7 Å². The SMILES string of the molecule is CCCc1n[nH]c(=S)n1CC(=O)N[C@@H]1C[C@H]2CC[C@@]1(C)C2(C)C. The zero-order valence-electron chi connectivity index (χ0n) is 14.6. The number of carbonyl (C=O) groups is 1. The number of aromatic nitrogens is 3. The van der Waals surface area contributed by atoms with Crippen molar-refractivity contribution in [1.29, 1.82) is 0 Å². The molecule has 0 aliphatic heterocycles. The minimum Gasteiger partial charge on any atom is -0.351 e. The molecule has 1 amide bonds. The van der Waals surface area contributed by atoms with Crippen LogP contribution in [0.3, 0.4) is 0 Å². The Balaban J connectivity index is 1.70. The van der Waals surface area contributed by atoms with Crippen molar-refractivity contribution in [3.63, 3.8) is 0 Å². The Morgan fingerprint density at radius 1 is 1.48 bits per heavy atom. The number of H-pyrrole nitrogens is 1. The second-order valence-corrected chi connectivity index (χ2v) is 8.40. The Kier molecular flexibility index (Phi) is 4.15. The van der Waals surface area contributed by atoms with Crippen LogP contribution in [0.4, 0.5) is 0 Å². The topological polar surface area (TPSA) is 62.7 Å². The van der Waals surface area contributed by atoms with Gasteiger partial charge in [0.25, 0.3) is 0 Å². The first-order valence-electron chi connectivity index (χ1n) is 8.73. The number of fused-ring (bicyclic) bond motifs is 2. The van der Waals surface area contributed by atoms with Gasteiger partial charge in [-0.2, -0.15) is 5.10 Å². The monoisotopic (exact) mass is 336 g/mol. The average molecular weight is 337 g/mol. The summed E-state index contributed by atoms with van der Waals surface area (Å²) in [7, 11) is 0. The highest BCUT2D eigenvalue weighted by atomic mass is 32.1. The Labute approximate surface area is 143 Å². The summed E-state index contributed by atoms with van der Waals surface area (Å²) in [5.41, 5.74) is 0.516.